The highest BCUT2D eigenvalue weighted by atomic mass is 32.2. The maximum atomic E-state index is 12.6. The molecule has 1 amide bonds. The average molecular weight is 391 g/mol. The molecule has 0 aromatic heterocycles. The molecular weight excluding hydrogens is 364 g/mol. The molecule has 0 bridgehead atoms. The van der Waals surface area contributed by atoms with Crippen molar-refractivity contribution in [3.8, 4) is 5.75 Å². The van der Waals surface area contributed by atoms with Crippen LogP contribution in [0, 0.1) is 12.8 Å². The van der Waals surface area contributed by atoms with E-state index in [4.69, 9.17) is 4.74 Å². The number of carbonyl (C=O) groups is 1. The van der Waals surface area contributed by atoms with Gasteiger partial charge in [0.1, 0.15) is 5.75 Å². The van der Waals surface area contributed by atoms with Gasteiger partial charge in [0, 0.05) is 12.1 Å². The lowest BCUT2D eigenvalue weighted by molar-refractivity contribution is 0.102. The van der Waals surface area contributed by atoms with Gasteiger partial charge in [-0.15, -0.1) is 0 Å². The fourth-order valence-electron chi connectivity index (χ4n) is 2.53. The molecule has 6 nitrogen and oxygen atoms in total. The first kappa shape index (κ1) is 20.9. The van der Waals surface area contributed by atoms with Crippen LogP contribution < -0.4 is 14.8 Å². The Bertz CT molecular complexity index is 908. The van der Waals surface area contributed by atoms with Crippen molar-refractivity contribution < 1.29 is 17.9 Å². The predicted molar refractivity (Wildman–Crippen MR) is 107 cm³/mol. The highest BCUT2D eigenvalue weighted by Crippen LogP contribution is 2.28. The molecule has 0 saturated carbocycles. The van der Waals surface area contributed by atoms with Gasteiger partial charge in [-0.1, -0.05) is 32.0 Å². The van der Waals surface area contributed by atoms with Crippen molar-refractivity contribution >= 4 is 21.6 Å². The summed E-state index contributed by atoms with van der Waals surface area (Å²) in [6.07, 6.45) is 0.742. The molecule has 7 heteroatoms. The van der Waals surface area contributed by atoms with Gasteiger partial charge < -0.3 is 10.1 Å². The Kier molecular flexibility index (Phi) is 6.98. The van der Waals surface area contributed by atoms with E-state index in [9.17, 15) is 13.2 Å². The summed E-state index contributed by atoms with van der Waals surface area (Å²) in [6.45, 7) is 6.25. The molecule has 0 aliphatic carbocycles. The first-order chi connectivity index (χ1) is 12.7. The van der Waals surface area contributed by atoms with Crippen LogP contribution in [0.3, 0.4) is 0 Å². The van der Waals surface area contributed by atoms with Crippen molar-refractivity contribution in [3.05, 3.63) is 53.6 Å². The molecule has 0 aliphatic heterocycles. The van der Waals surface area contributed by atoms with Crippen LogP contribution in [0.4, 0.5) is 5.69 Å². The van der Waals surface area contributed by atoms with Crippen LogP contribution in [0.25, 0.3) is 0 Å². The third-order valence-electron chi connectivity index (χ3n) is 4.13. The predicted octanol–water partition coefficient (Wildman–Crippen LogP) is 3.58. The van der Waals surface area contributed by atoms with Gasteiger partial charge >= 0.3 is 0 Å². The smallest absolute Gasteiger partial charge is 0.256 e. The zero-order chi connectivity index (χ0) is 20.0. The molecule has 27 heavy (non-hydrogen) atoms. The Morgan fingerprint density at radius 2 is 1.85 bits per heavy atom. The monoisotopic (exact) mass is 390 g/mol. The van der Waals surface area contributed by atoms with Gasteiger partial charge in [-0.05, 0) is 49.1 Å². The van der Waals surface area contributed by atoms with Crippen molar-refractivity contribution in [2.75, 3.05) is 19.0 Å². The SMILES string of the molecule is COc1ccc(S(=O)(=O)NCCC(C)C)cc1NC(=O)c1ccccc1C. The number of sulfonamides is 1. The highest BCUT2D eigenvalue weighted by molar-refractivity contribution is 7.89. The van der Waals surface area contributed by atoms with Gasteiger partial charge in [0.05, 0.1) is 17.7 Å². The first-order valence-corrected chi connectivity index (χ1v) is 10.3. The van der Waals surface area contributed by atoms with Gasteiger partial charge in [-0.2, -0.15) is 0 Å². The summed E-state index contributed by atoms with van der Waals surface area (Å²) in [5.74, 6) is 0.458. The van der Waals surface area contributed by atoms with Gasteiger partial charge in [0.25, 0.3) is 5.91 Å². The molecule has 2 aromatic carbocycles. The van der Waals surface area contributed by atoms with E-state index in [2.05, 4.69) is 10.0 Å². The van der Waals surface area contributed by atoms with Crippen molar-refractivity contribution in [1.82, 2.24) is 4.72 Å². The molecule has 2 aromatic rings. The van der Waals surface area contributed by atoms with Crippen LogP contribution in [-0.2, 0) is 10.0 Å². The van der Waals surface area contributed by atoms with Crippen molar-refractivity contribution in [3.63, 3.8) is 0 Å². The quantitative estimate of drug-likeness (QED) is 0.721. The van der Waals surface area contributed by atoms with Crippen LogP contribution in [0.15, 0.2) is 47.4 Å². The molecule has 0 unspecified atom stereocenters. The van der Waals surface area contributed by atoms with E-state index in [0.29, 0.717) is 29.5 Å². The second kappa shape index (κ2) is 9.01. The minimum absolute atomic E-state index is 0.0761. The average Bonchev–Trinajstić information content (AvgIpc) is 2.61. The number of anilines is 1. The Morgan fingerprint density at radius 3 is 2.48 bits per heavy atom. The van der Waals surface area contributed by atoms with E-state index in [1.807, 2.05) is 32.9 Å². The van der Waals surface area contributed by atoms with Crippen molar-refractivity contribution in [2.24, 2.45) is 5.92 Å². The summed E-state index contributed by atoms with van der Waals surface area (Å²) in [5.41, 5.74) is 1.65. The zero-order valence-corrected chi connectivity index (χ0v) is 16.9. The molecule has 0 atom stereocenters. The van der Waals surface area contributed by atoms with Crippen LogP contribution >= 0.6 is 0 Å². The summed E-state index contributed by atoms with van der Waals surface area (Å²) < 4.78 is 32.9. The van der Waals surface area contributed by atoms with Gasteiger partial charge in [-0.3, -0.25) is 4.79 Å². The summed E-state index contributed by atoms with van der Waals surface area (Å²) in [5, 5.41) is 2.75. The van der Waals surface area contributed by atoms with E-state index in [-0.39, 0.29) is 10.8 Å². The molecule has 0 fully saturated rings. The molecule has 0 radical (unpaired) electrons. The molecule has 0 heterocycles. The largest absolute Gasteiger partial charge is 0.495 e. The topological polar surface area (TPSA) is 84.5 Å². The molecule has 0 aliphatic rings. The Morgan fingerprint density at radius 1 is 1.15 bits per heavy atom. The maximum absolute atomic E-state index is 12.6. The van der Waals surface area contributed by atoms with Crippen LogP contribution in [0.5, 0.6) is 5.75 Å². The van der Waals surface area contributed by atoms with E-state index in [1.165, 1.54) is 25.3 Å². The number of carbonyl (C=O) groups excluding carboxylic acids is 1. The lowest BCUT2D eigenvalue weighted by Crippen LogP contribution is -2.26. The minimum Gasteiger partial charge on any atom is -0.495 e. The number of methoxy groups -OCH3 is 1. The highest BCUT2D eigenvalue weighted by Gasteiger charge is 2.18. The van der Waals surface area contributed by atoms with E-state index in [1.54, 1.807) is 12.1 Å². The van der Waals surface area contributed by atoms with Gasteiger partial charge in [0.2, 0.25) is 10.0 Å². The molecule has 2 rings (SSSR count). The molecule has 146 valence electrons. The standard InChI is InChI=1S/C20H26N2O4S/c1-14(2)11-12-21-27(24,25)16-9-10-19(26-4)18(13-16)22-20(23)17-8-6-5-7-15(17)3/h5-10,13-14,21H,11-12H2,1-4H3,(H,22,23). The number of aryl methyl sites for hydroxylation is 1. The van der Waals surface area contributed by atoms with Gasteiger partial charge in [0.15, 0.2) is 0 Å². The molecule has 0 saturated heterocycles. The Labute approximate surface area is 161 Å². The van der Waals surface area contributed by atoms with E-state index >= 15 is 0 Å². The summed E-state index contributed by atoms with van der Waals surface area (Å²) in [4.78, 5) is 12.7. The van der Waals surface area contributed by atoms with Crippen LogP contribution in [-0.4, -0.2) is 28.0 Å². The normalized spacial score (nSPS) is 11.4. The second-order valence-electron chi connectivity index (χ2n) is 6.71. The molecule has 0 spiro atoms. The fraction of sp³-hybridized carbons (Fsp3) is 0.350. The number of benzene rings is 2. The Hall–Kier alpha value is -2.38. The number of nitrogens with one attached hydrogen (secondary N) is 2. The summed E-state index contributed by atoms with van der Waals surface area (Å²) in [6, 6.07) is 11.6. The number of amides is 1. The van der Waals surface area contributed by atoms with Crippen LogP contribution in [0.2, 0.25) is 0 Å². The fourth-order valence-corrected chi connectivity index (χ4v) is 3.61. The lowest BCUT2D eigenvalue weighted by Gasteiger charge is -2.14. The third kappa shape index (κ3) is 5.55. The molecule has 2 N–H and O–H groups in total. The van der Waals surface area contributed by atoms with E-state index in [0.717, 1.165) is 12.0 Å². The minimum atomic E-state index is -3.67. The number of hydrogen-bond acceptors (Lipinski definition) is 4. The van der Waals surface area contributed by atoms with E-state index < -0.39 is 10.0 Å². The number of rotatable bonds is 8. The summed E-state index contributed by atoms with van der Waals surface area (Å²) >= 11 is 0. The second-order valence-corrected chi connectivity index (χ2v) is 8.48. The van der Waals surface area contributed by atoms with Crippen molar-refractivity contribution in [2.45, 2.75) is 32.1 Å². The van der Waals surface area contributed by atoms with Crippen molar-refractivity contribution in [1.29, 1.82) is 0 Å². The number of ether oxygens (including phenoxy) is 1. The Balaban J connectivity index is 2.27. The summed E-state index contributed by atoms with van der Waals surface area (Å²) in [7, 11) is -2.20. The third-order valence-corrected chi connectivity index (χ3v) is 5.59. The van der Waals surface area contributed by atoms with Crippen LogP contribution in [0.1, 0.15) is 36.2 Å². The lowest BCUT2D eigenvalue weighted by atomic mass is 10.1. The first-order valence-electron chi connectivity index (χ1n) is 8.79. The maximum Gasteiger partial charge on any atom is 0.256 e. The number of hydrogen-bond donors (Lipinski definition) is 2. The zero-order valence-electron chi connectivity index (χ0n) is 16.1. The molecular formula is C20H26N2O4S. The van der Waals surface area contributed by atoms with Gasteiger partial charge in [-0.25, -0.2) is 13.1 Å².